The van der Waals surface area contributed by atoms with Crippen molar-refractivity contribution >= 4 is 11.4 Å². The van der Waals surface area contributed by atoms with E-state index in [0.29, 0.717) is 17.5 Å². The van der Waals surface area contributed by atoms with Crippen LogP contribution < -0.4 is 5.32 Å². The fraction of sp³-hybridized carbons (Fsp3) is 0.647. The molecule has 0 amide bonds. The van der Waals surface area contributed by atoms with Gasteiger partial charge in [-0.2, -0.15) is 0 Å². The van der Waals surface area contributed by atoms with Crippen molar-refractivity contribution in [3.8, 4) is 0 Å². The zero-order valence-electron chi connectivity index (χ0n) is 12.8. The summed E-state index contributed by atoms with van der Waals surface area (Å²) in [5.74, 6) is 2.17. The Bertz CT molecular complexity index is 524. The minimum absolute atomic E-state index is 0.0477. The molecule has 3 rings (SSSR count). The number of nitrogens with zero attached hydrogens (tertiary/aromatic N) is 1. The van der Waals surface area contributed by atoms with E-state index in [4.69, 9.17) is 0 Å². The second-order valence-electron chi connectivity index (χ2n) is 7.34. The lowest BCUT2D eigenvalue weighted by Crippen LogP contribution is -2.50. The first-order valence-corrected chi connectivity index (χ1v) is 7.99. The molecular weight excluding hydrogens is 264 g/mol. The first kappa shape index (κ1) is 14.4. The van der Waals surface area contributed by atoms with Gasteiger partial charge in [0.25, 0.3) is 5.69 Å². The fourth-order valence-electron chi connectivity index (χ4n) is 4.88. The van der Waals surface area contributed by atoms with Crippen LogP contribution in [0, 0.1) is 27.9 Å². The molecule has 1 aromatic rings. The lowest BCUT2D eigenvalue weighted by Gasteiger charge is -2.50. The number of benzene rings is 1. The summed E-state index contributed by atoms with van der Waals surface area (Å²) in [6.07, 6.45) is 6.03. The van der Waals surface area contributed by atoms with Crippen LogP contribution in [-0.4, -0.2) is 10.5 Å². The number of hydrogen-bond donors (Lipinski definition) is 1. The van der Waals surface area contributed by atoms with Crippen molar-refractivity contribution < 1.29 is 4.92 Å². The van der Waals surface area contributed by atoms with Crippen LogP contribution >= 0.6 is 0 Å². The molecule has 0 saturated heterocycles. The molecule has 2 unspecified atom stereocenters. The van der Waals surface area contributed by atoms with Crippen molar-refractivity contribution in [2.24, 2.45) is 17.8 Å². The molecule has 0 aromatic heterocycles. The van der Waals surface area contributed by atoms with Gasteiger partial charge in [0.05, 0.1) is 4.92 Å². The summed E-state index contributed by atoms with van der Waals surface area (Å²) >= 11 is 0. The summed E-state index contributed by atoms with van der Waals surface area (Å²) in [7, 11) is 0. The number of fused-ring (bicyclic) bond motifs is 2. The maximum atomic E-state index is 11.2. The molecule has 4 nitrogen and oxygen atoms in total. The molecule has 0 heterocycles. The van der Waals surface area contributed by atoms with E-state index in [2.05, 4.69) is 19.2 Å². The highest BCUT2D eigenvalue weighted by molar-refractivity contribution is 5.62. The van der Waals surface area contributed by atoms with E-state index in [0.717, 1.165) is 25.2 Å². The molecule has 2 saturated carbocycles. The molecule has 4 heteroatoms. The van der Waals surface area contributed by atoms with E-state index in [9.17, 15) is 10.1 Å². The van der Waals surface area contributed by atoms with Gasteiger partial charge in [-0.05, 0) is 55.9 Å². The van der Waals surface area contributed by atoms with Crippen molar-refractivity contribution in [3.63, 3.8) is 0 Å². The molecule has 1 aromatic carbocycles. The van der Waals surface area contributed by atoms with E-state index >= 15 is 0 Å². The molecule has 114 valence electrons. The SMILES string of the molecule is CC1CC2CC(C)CC(Nc3ccccc3[N+](=O)[O-])(C1)C2. The average molecular weight is 288 g/mol. The van der Waals surface area contributed by atoms with Gasteiger partial charge in [-0.25, -0.2) is 0 Å². The van der Waals surface area contributed by atoms with Crippen molar-refractivity contribution in [2.75, 3.05) is 5.32 Å². The van der Waals surface area contributed by atoms with Gasteiger partial charge in [-0.15, -0.1) is 0 Å². The van der Waals surface area contributed by atoms with Crippen molar-refractivity contribution in [2.45, 2.75) is 51.5 Å². The van der Waals surface area contributed by atoms with E-state index in [1.54, 1.807) is 12.1 Å². The molecule has 0 aliphatic heterocycles. The van der Waals surface area contributed by atoms with Gasteiger partial charge < -0.3 is 5.32 Å². The number of nitro benzene ring substituents is 1. The lowest BCUT2D eigenvalue weighted by molar-refractivity contribution is -0.384. The second kappa shape index (κ2) is 5.32. The van der Waals surface area contributed by atoms with Crippen LogP contribution in [-0.2, 0) is 0 Å². The number of para-hydroxylation sites is 2. The Morgan fingerprint density at radius 1 is 1.14 bits per heavy atom. The number of nitrogens with one attached hydrogen (secondary N) is 1. The Morgan fingerprint density at radius 2 is 1.76 bits per heavy atom. The highest BCUT2D eigenvalue weighted by Gasteiger charge is 2.44. The van der Waals surface area contributed by atoms with Crippen molar-refractivity contribution in [1.82, 2.24) is 0 Å². The maximum Gasteiger partial charge on any atom is 0.292 e. The minimum Gasteiger partial charge on any atom is -0.374 e. The zero-order chi connectivity index (χ0) is 15.0. The third-order valence-electron chi connectivity index (χ3n) is 5.13. The first-order chi connectivity index (χ1) is 9.97. The smallest absolute Gasteiger partial charge is 0.292 e. The molecule has 21 heavy (non-hydrogen) atoms. The predicted octanol–water partition coefficient (Wildman–Crippen LogP) is 4.61. The summed E-state index contributed by atoms with van der Waals surface area (Å²) in [6.45, 7) is 4.63. The first-order valence-electron chi connectivity index (χ1n) is 7.99. The molecule has 2 atom stereocenters. The molecule has 2 fully saturated rings. The quantitative estimate of drug-likeness (QED) is 0.652. The third-order valence-corrected chi connectivity index (χ3v) is 5.13. The fourth-order valence-corrected chi connectivity index (χ4v) is 4.88. The predicted molar refractivity (Wildman–Crippen MR) is 84.4 cm³/mol. The molecule has 1 N–H and O–H groups in total. The molecule has 0 radical (unpaired) electrons. The summed E-state index contributed by atoms with van der Waals surface area (Å²) in [6, 6.07) is 7.05. The van der Waals surface area contributed by atoms with Crippen LogP contribution in [0.15, 0.2) is 24.3 Å². The zero-order valence-corrected chi connectivity index (χ0v) is 12.8. The van der Waals surface area contributed by atoms with Gasteiger partial charge in [0.1, 0.15) is 5.69 Å². The van der Waals surface area contributed by atoms with Gasteiger partial charge in [-0.3, -0.25) is 10.1 Å². The van der Waals surface area contributed by atoms with E-state index < -0.39 is 0 Å². The molecular formula is C17H24N2O2. The normalized spacial score (nSPS) is 35.2. The Kier molecular flexibility index (Phi) is 3.64. The van der Waals surface area contributed by atoms with Gasteiger partial charge in [0.15, 0.2) is 0 Å². The highest BCUT2D eigenvalue weighted by atomic mass is 16.6. The summed E-state index contributed by atoms with van der Waals surface area (Å²) in [4.78, 5) is 10.9. The molecule has 2 aliphatic rings. The minimum atomic E-state index is -0.283. The third kappa shape index (κ3) is 2.89. The maximum absolute atomic E-state index is 11.2. The summed E-state index contributed by atoms with van der Waals surface area (Å²) in [5, 5.41) is 14.8. The van der Waals surface area contributed by atoms with E-state index in [-0.39, 0.29) is 16.1 Å². The number of hydrogen-bond acceptors (Lipinski definition) is 3. The van der Waals surface area contributed by atoms with E-state index in [1.807, 2.05) is 12.1 Å². The van der Waals surface area contributed by atoms with Crippen LogP contribution in [0.3, 0.4) is 0 Å². The Morgan fingerprint density at radius 3 is 2.38 bits per heavy atom. The van der Waals surface area contributed by atoms with Crippen LogP contribution in [0.5, 0.6) is 0 Å². The highest BCUT2D eigenvalue weighted by Crippen LogP contribution is 2.49. The molecule has 0 spiro atoms. The number of nitro groups is 1. The van der Waals surface area contributed by atoms with Gasteiger partial charge >= 0.3 is 0 Å². The molecule has 2 bridgehead atoms. The van der Waals surface area contributed by atoms with Gasteiger partial charge in [0.2, 0.25) is 0 Å². The monoisotopic (exact) mass is 288 g/mol. The Labute approximate surface area is 126 Å². The van der Waals surface area contributed by atoms with Crippen LogP contribution in [0.2, 0.25) is 0 Å². The standard InChI is InChI=1S/C17H24N2O2/c1-12-7-14-8-13(2)10-17(9-12,11-14)18-15-5-3-4-6-16(15)19(20)21/h3-6,12-14,18H,7-11H2,1-2H3. The number of anilines is 1. The van der Waals surface area contributed by atoms with Gasteiger partial charge in [-0.1, -0.05) is 26.0 Å². The van der Waals surface area contributed by atoms with Crippen molar-refractivity contribution in [3.05, 3.63) is 34.4 Å². The van der Waals surface area contributed by atoms with Crippen molar-refractivity contribution in [1.29, 1.82) is 0 Å². The van der Waals surface area contributed by atoms with E-state index in [1.165, 1.54) is 12.8 Å². The Hall–Kier alpha value is -1.58. The number of rotatable bonds is 3. The topological polar surface area (TPSA) is 55.2 Å². The molecule has 2 aliphatic carbocycles. The van der Waals surface area contributed by atoms with Crippen LogP contribution in [0.1, 0.15) is 46.0 Å². The average Bonchev–Trinajstić information content (AvgIpc) is 2.36. The second-order valence-corrected chi connectivity index (χ2v) is 7.34. The summed E-state index contributed by atoms with van der Waals surface area (Å²) < 4.78 is 0. The largest absolute Gasteiger partial charge is 0.374 e. The Balaban J connectivity index is 1.90. The summed E-state index contributed by atoms with van der Waals surface area (Å²) in [5.41, 5.74) is 0.927. The van der Waals surface area contributed by atoms with Crippen LogP contribution in [0.4, 0.5) is 11.4 Å². The van der Waals surface area contributed by atoms with Crippen LogP contribution in [0.25, 0.3) is 0 Å². The van der Waals surface area contributed by atoms with Gasteiger partial charge in [0, 0.05) is 11.6 Å². The lowest BCUT2D eigenvalue weighted by atomic mass is 9.61.